The first kappa shape index (κ1) is 11.2. The molecule has 1 aromatic rings. The van der Waals surface area contributed by atoms with Crippen molar-refractivity contribution < 1.29 is 9.50 Å². The van der Waals surface area contributed by atoms with Gasteiger partial charge in [0, 0.05) is 12.5 Å². The van der Waals surface area contributed by atoms with Gasteiger partial charge < -0.3 is 16.2 Å². The van der Waals surface area contributed by atoms with Gasteiger partial charge in [-0.3, -0.25) is 0 Å². The van der Waals surface area contributed by atoms with Crippen LogP contribution in [0, 0.1) is 11.7 Å². The molecule has 2 rings (SSSR count). The molecule has 0 aliphatic heterocycles. The lowest BCUT2D eigenvalue weighted by molar-refractivity contribution is 0.138. The summed E-state index contributed by atoms with van der Waals surface area (Å²) in [5.74, 6) is -0.153. The number of anilines is 2. The maximum Gasteiger partial charge on any atom is 0.148 e. The molecular weight excluding hydrogens is 207 g/mol. The molecule has 0 bridgehead atoms. The second-order valence-electron chi connectivity index (χ2n) is 4.34. The number of para-hydroxylation sites is 1. The van der Waals surface area contributed by atoms with Crippen molar-refractivity contribution in [1.29, 1.82) is 0 Å². The third-order valence-electron chi connectivity index (χ3n) is 3.23. The predicted octanol–water partition coefficient (Wildman–Crippen LogP) is 1.98. The molecule has 4 heteroatoms. The van der Waals surface area contributed by atoms with Crippen molar-refractivity contribution in [2.24, 2.45) is 5.92 Å². The zero-order valence-electron chi connectivity index (χ0n) is 9.12. The first-order valence-electron chi connectivity index (χ1n) is 5.64. The Morgan fingerprint density at radius 1 is 1.44 bits per heavy atom. The SMILES string of the molecule is Nc1c(F)cccc1NCC1CCCC1O. The molecule has 1 fully saturated rings. The fraction of sp³-hybridized carbons (Fsp3) is 0.500. The third kappa shape index (κ3) is 2.27. The summed E-state index contributed by atoms with van der Waals surface area (Å²) in [4.78, 5) is 0. The molecule has 0 amide bonds. The van der Waals surface area contributed by atoms with Crippen LogP contribution in [0.15, 0.2) is 18.2 Å². The molecular formula is C12H17FN2O. The fourth-order valence-corrected chi connectivity index (χ4v) is 2.19. The summed E-state index contributed by atoms with van der Waals surface area (Å²) in [7, 11) is 0. The summed E-state index contributed by atoms with van der Waals surface area (Å²) in [6.45, 7) is 0.648. The first-order chi connectivity index (χ1) is 7.68. The summed E-state index contributed by atoms with van der Waals surface area (Å²) in [5, 5.41) is 12.7. The number of aliphatic hydroxyl groups excluding tert-OH is 1. The van der Waals surface area contributed by atoms with Crippen molar-refractivity contribution in [2.45, 2.75) is 25.4 Å². The second-order valence-corrected chi connectivity index (χ2v) is 4.34. The lowest BCUT2D eigenvalue weighted by atomic mass is 10.1. The fourth-order valence-electron chi connectivity index (χ4n) is 2.19. The molecule has 0 saturated heterocycles. The van der Waals surface area contributed by atoms with Crippen molar-refractivity contribution in [3.05, 3.63) is 24.0 Å². The highest BCUT2D eigenvalue weighted by Gasteiger charge is 2.24. The molecule has 16 heavy (non-hydrogen) atoms. The van der Waals surface area contributed by atoms with E-state index in [2.05, 4.69) is 5.32 Å². The minimum absolute atomic E-state index is 0.148. The monoisotopic (exact) mass is 224 g/mol. The van der Waals surface area contributed by atoms with E-state index in [0.717, 1.165) is 19.3 Å². The summed E-state index contributed by atoms with van der Waals surface area (Å²) in [6, 6.07) is 4.71. The lowest BCUT2D eigenvalue weighted by Crippen LogP contribution is -2.22. The lowest BCUT2D eigenvalue weighted by Gasteiger charge is -2.17. The van der Waals surface area contributed by atoms with Gasteiger partial charge in [-0.2, -0.15) is 0 Å². The van der Waals surface area contributed by atoms with Gasteiger partial charge in [0.25, 0.3) is 0 Å². The molecule has 1 aliphatic carbocycles. The van der Waals surface area contributed by atoms with Crippen molar-refractivity contribution in [2.75, 3.05) is 17.6 Å². The average molecular weight is 224 g/mol. The van der Waals surface area contributed by atoms with Crippen LogP contribution in [0.4, 0.5) is 15.8 Å². The molecule has 2 unspecified atom stereocenters. The van der Waals surface area contributed by atoms with Crippen molar-refractivity contribution >= 4 is 11.4 Å². The van der Waals surface area contributed by atoms with Crippen molar-refractivity contribution in [3.63, 3.8) is 0 Å². The Morgan fingerprint density at radius 2 is 2.25 bits per heavy atom. The van der Waals surface area contributed by atoms with Crippen LogP contribution in [0.25, 0.3) is 0 Å². The van der Waals surface area contributed by atoms with Gasteiger partial charge in [-0.1, -0.05) is 12.5 Å². The van der Waals surface area contributed by atoms with Gasteiger partial charge in [0.05, 0.1) is 17.5 Å². The average Bonchev–Trinajstić information content (AvgIpc) is 2.67. The molecule has 0 spiro atoms. The number of nitrogens with one attached hydrogen (secondary N) is 1. The Morgan fingerprint density at radius 3 is 2.94 bits per heavy atom. The van der Waals surface area contributed by atoms with Crippen LogP contribution in [0.1, 0.15) is 19.3 Å². The Bertz CT molecular complexity index is 370. The summed E-state index contributed by atoms with van der Waals surface area (Å²) in [5.41, 5.74) is 6.36. The van der Waals surface area contributed by atoms with E-state index in [-0.39, 0.29) is 17.7 Å². The van der Waals surface area contributed by atoms with E-state index in [1.54, 1.807) is 12.1 Å². The van der Waals surface area contributed by atoms with Crippen LogP contribution in [0.3, 0.4) is 0 Å². The third-order valence-corrected chi connectivity index (χ3v) is 3.23. The number of benzene rings is 1. The number of nitrogens with two attached hydrogens (primary N) is 1. The van der Waals surface area contributed by atoms with Gasteiger partial charge in [-0.25, -0.2) is 4.39 Å². The largest absolute Gasteiger partial charge is 0.395 e. The van der Waals surface area contributed by atoms with Crippen LogP contribution >= 0.6 is 0 Å². The Labute approximate surface area is 94.5 Å². The second kappa shape index (κ2) is 4.70. The summed E-state index contributed by atoms with van der Waals surface area (Å²) < 4.78 is 13.1. The topological polar surface area (TPSA) is 58.3 Å². The summed E-state index contributed by atoms with van der Waals surface area (Å²) >= 11 is 0. The van der Waals surface area contributed by atoms with E-state index in [1.165, 1.54) is 6.07 Å². The maximum atomic E-state index is 13.1. The number of nitrogen functional groups attached to an aromatic ring is 1. The van der Waals surface area contributed by atoms with Gasteiger partial charge in [0.15, 0.2) is 0 Å². The molecule has 1 saturated carbocycles. The minimum Gasteiger partial charge on any atom is -0.395 e. The number of aliphatic hydroxyl groups is 1. The van der Waals surface area contributed by atoms with Gasteiger partial charge in [0.1, 0.15) is 5.82 Å². The van der Waals surface area contributed by atoms with E-state index in [0.29, 0.717) is 12.2 Å². The van der Waals surface area contributed by atoms with Gasteiger partial charge in [-0.05, 0) is 25.0 Å². The number of hydrogen-bond donors (Lipinski definition) is 3. The van der Waals surface area contributed by atoms with Crippen LogP contribution in [-0.4, -0.2) is 17.8 Å². The van der Waals surface area contributed by atoms with Crippen LogP contribution in [-0.2, 0) is 0 Å². The molecule has 4 N–H and O–H groups in total. The number of rotatable bonds is 3. The molecule has 0 radical (unpaired) electrons. The highest BCUT2D eigenvalue weighted by atomic mass is 19.1. The molecule has 1 aromatic carbocycles. The van der Waals surface area contributed by atoms with Gasteiger partial charge >= 0.3 is 0 Å². The molecule has 3 nitrogen and oxygen atoms in total. The number of hydrogen-bond acceptors (Lipinski definition) is 3. The highest BCUT2D eigenvalue weighted by Crippen LogP contribution is 2.27. The summed E-state index contributed by atoms with van der Waals surface area (Å²) in [6.07, 6.45) is 2.71. The van der Waals surface area contributed by atoms with E-state index >= 15 is 0 Å². The van der Waals surface area contributed by atoms with Crippen molar-refractivity contribution in [3.8, 4) is 0 Å². The molecule has 1 aliphatic rings. The first-order valence-corrected chi connectivity index (χ1v) is 5.64. The molecule has 2 atom stereocenters. The number of halogens is 1. The zero-order chi connectivity index (χ0) is 11.5. The van der Waals surface area contributed by atoms with Crippen LogP contribution < -0.4 is 11.1 Å². The normalized spacial score (nSPS) is 24.6. The molecule has 0 heterocycles. The quantitative estimate of drug-likeness (QED) is 0.688. The van der Waals surface area contributed by atoms with Crippen LogP contribution in [0.2, 0.25) is 0 Å². The molecule has 88 valence electrons. The van der Waals surface area contributed by atoms with Gasteiger partial charge in [0.2, 0.25) is 0 Å². The van der Waals surface area contributed by atoms with Crippen molar-refractivity contribution in [1.82, 2.24) is 0 Å². The Balaban J connectivity index is 1.96. The minimum atomic E-state index is -0.406. The van der Waals surface area contributed by atoms with E-state index in [4.69, 9.17) is 5.73 Å². The zero-order valence-corrected chi connectivity index (χ0v) is 9.12. The molecule has 0 aromatic heterocycles. The predicted molar refractivity (Wildman–Crippen MR) is 62.6 cm³/mol. The van der Waals surface area contributed by atoms with E-state index < -0.39 is 5.82 Å². The highest BCUT2D eigenvalue weighted by molar-refractivity contribution is 5.66. The standard InChI is InChI=1S/C12H17FN2O/c13-9-4-2-5-10(12(9)14)15-7-8-3-1-6-11(8)16/h2,4-5,8,11,15-16H,1,3,6-7,14H2. The van der Waals surface area contributed by atoms with E-state index in [1.807, 2.05) is 0 Å². The van der Waals surface area contributed by atoms with Gasteiger partial charge in [-0.15, -0.1) is 0 Å². The Hall–Kier alpha value is -1.29. The van der Waals surface area contributed by atoms with E-state index in [9.17, 15) is 9.50 Å². The maximum absolute atomic E-state index is 13.1. The smallest absolute Gasteiger partial charge is 0.148 e. The Kier molecular flexibility index (Phi) is 3.29. The van der Waals surface area contributed by atoms with Crippen LogP contribution in [0.5, 0.6) is 0 Å².